The molecule has 0 atom stereocenters. The maximum atomic E-state index is 14.0. The van der Waals surface area contributed by atoms with Crippen molar-refractivity contribution < 1.29 is 61.9 Å². The van der Waals surface area contributed by atoms with E-state index in [1.165, 1.54) is 6.07 Å². The zero-order chi connectivity index (χ0) is 28.2. The zero-order valence-corrected chi connectivity index (χ0v) is 18.1. The second kappa shape index (κ2) is 8.73. The van der Waals surface area contributed by atoms with Crippen LogP contribution in [0.15, 0.2) is 47.8 Å². The summed E-state index contributed by atoms with van der Waals surface area (Å²) in [6.45, 7) is 0. The van der Waals surface area contributed by atoms with E-state index in [1.807, 2.05) is 0 Å². The lowest BCUT2D eigenvalue weighted by molar-refractivity contribution is -0.435. The van der Waals surface area contributed by atoms with E-state index in [9.17, 15) is 61.9 Å². The summed E-state index contributed by atoms with van der Waals surface area (Å²) in [5.41, 5.74) is 0.307. The number of rotatable bonds is 7. The Bertz CT molecular complexity index is 1310. The van der Waals surface area contributed by atoms with Gasteiger partial charge in [-0.15, -0.1) is 11.3 Å². The van der Waals surface area contributed by atoms with Crippen LogP contribution in [0, 0.1) is 0 Å². The van der Waals surface area contributed by atoms with Gasteiger partial charge in [0.15, 0.2) is 5.13 Å². The fraction of sp³-hybridized carbons (Fsp3) is 0.300. The normalized spacial score (nSPS) is 14.2. The van der Waals surface area contributed by atoms with E-state index >= 15 is 0 Å². The summed E-state index contributed by atoms with van der Waals surface area (Å²) in [5.74, 6) is -42.1. The third-order valence-electron chi connectivity index (χ3n) is 5.01. The van der Waals surface area contributed by atoms with Gasteiger partial charge in [0.2, 0.25) is 0 Å². The molecule has 202 valence electrons. The molecule has 0 unspecified atom stereocenters. The molecular formula is C20H9F13N2OS. The first-order chi connectivity index (χ1) is 16.7. The number of carbonyl (C=O) groups is 1. The Hall–Kier alpha value is -3.11. The average Bonchev–Trinajstić information content (AvgIpc) is 3.25. The van der Waals surface area contributed by atoms with Crippen molar-refractivity contribution in [3.63, 3.8) is 0 Å². The number of benzene rings is 2. The molecule has 3 nitrogen and oxygen atoms in total. The van der Waals surface area contributed by atoms with E-state index in [1.54, 1.807) is 36.4 Å². The van der Waals surface area contributed by atoms with Crippen LogP contribution in [0.1, 0.15) is 0 Å². The van der Waals surface area contributed by atoms with Gasteiger partial charge in [0.25, 0.3) is 0 Å². The van der Waals surface area contributed by atoms with Crippen LogP contribution in [0.2, 0.25) is 0 Å². The summed E-state index contributed by atoms with van der Waals surface area (Å²) in [7, 11) is 0. The van der Waals surface area contributed by atoms with Crippen LogP contribution in [0.25, 0.3) is 22.0 Å². The molecule has 1 heterocycles. The van der Waals surface area contributed by atoms with Crippen LogP contribution < -0.4 is 5.32 Å². The Morgan fingerprint density at radius 3 is 1.84 bits per heavy atom. The van der Waals surface area contributed by atoms with Gasteiger partial charge in [0.05, 0.1) is 5.69 Å². The van der Waals surface area contributed by atoms with E-state index in [4.69, 9.17) is 0 Å². The maximum Gasteiger partial charge on any atom is 0.460 e. The maximum absolute atomic E-state index is 14.0. The fourth-order valence-electron chi connectivity index (χ4n) is 2.99. The number of fused-ring (bicyclic) bond motifs is 1. The number of halogens is 13. The van der Waals surface area contributed by atoms with Crippen molar-refractivity contribution in [1.29, 1.82) is 0 Å². The van der Waals surface area contributed by atoms with E-state index in [0.29, 0.717) is 27.7 Å². The third-order valence-corrected chi connectivity index (χ3v) is 5.77. The first kappa shape index (κ1) is 28.5. The first-order valence-corrected chi connectivity index (χ1v) is 10.3. The number of hydrogen-bond acceptors (Lipinski definition) is 3. The molecule has 0 spiro atoms. The number of nitrogens with zero attached hydrogens (tertiary/aromatic N) is 1. The summed E-state index contributed by atoms with van der Waals surface area (Å²) in [4.78, 5) is 15.3. The Kier molecular flexibility index (Phi) is 6.72. The number of nitrogens with one attached hydrogen (secondary N) is 1. The van der Waals surface area contributed by atoms with Crippen LogP contribution in [0.5, 0.6) is 0 Å². The minimum absolute atomic E-state index is 0.0335. The molecule has 37 heavy (non-hydrogen) atoms. The van der Waals surface area contributed by atoms with Crippen LogP contribution in [-0.2, 0) is 4.79 Å². The predicted molar refractivity (Wildman–Crippen MR) is 104 cm³/mol. The highest BCUT2D eigenvalue weighted by Gasteiger charge is 2.91. The molecule has 17 heteroatoms. The number of anilines is 1. The van der Waals surface area contributed by atoms with Crippen molar-refractivity contribution >= 4 is 33.1 Å². The molecule has 0 aliphatic heterocycles. The summed E-state index contributed by atoms with van der Waals surface area (Å²) in [6.07, 6.45) is -7.54. The third kappa shape index (κ3) is 4.25. The molecule has 0 saturated carbocycles. The van der Waals surface area contributed by atoms with Gasteiger partial charge in [-0.2, -0.15) is 57.1 Å². The Morgan fingerprint density at radius 1 is 0.703 bits per heavy atom. The minimum atomic E-state index is -8.09. The SMILES string of the molecule is O=C(Nc1nc(-c2cccc3ccccc23)cs1)C(F)(F)C(F)(F)C(F)(F)C(F)(F)C(F)(F)C(F)(F)F. The lowest BCUT2D eigenvalue weighted by atomic mass is 9.93. The number of aromatic nitrogens is 1. The fourth-order valence-corrected chi connectivity index (χ4v) is 3.70. The Morgan fingerprint density at radius 2 is 1.24 bits per heavy atom. The second-order valence-corrected chi connectivity index (χ2v) is 8.25. The zero-order valence-electron chi connectivity index (χ0n) is 17.3. The van der Waals surface area contributed by atoms with Gasteiger partial charge in [-0.3, -0.25) is 10.1 Å². The number of alkyl halides is 13. The summed E-state index contributed by atoms with van der Waals surface area (Å²) in [6, 6.07) is 11.3. The summed E-state index contributed by atoms with van der Waals surface area (Å²) < 4.78 is 172. The van der Waals surface area contributed by atoms with Crippen molar-refractivity contribution in [1.82, 2.24) is 4.98 Å². The van der Waals surface area contributed by atoms with E-state index < -0.39 is 46.8 Å². The Balaban J connectivity index is 1.92. The van der Waals surface area contributed by atoms with Crippen LogP contribution in [0.3, 0.4) is 0 Å². The topological polar surface area (TPSA) is 42.0 Å². The second-order valence-electron chi connectivity index (χ2n) is 7.39. The Labute approximate surface area is 200 Å². The summed E-state index contributed by atoms with van der Waals surface area (Å²) in [5, 5.41) is 2.37. The van der Waals surface area contributed by atoms with Crippen LogP contribution in [0.4, 0.5) is 62.2 Å². The van der Waals surface area contributed by atoms with E-state index in [0.717, 1.165) is 10.7 Å². The number of carbonyl (C=O) groups excluding carboxylic acids is 1. The van der Waals surface area contributed by atoms with Gasteiger partial charge >= 0.3 is 41.7 Å². The molecular weight excluding hydrogens is 563 g/mol. The van der Waals surface area contributed by atoms with Gasteiger partial charge in [-0.05, 0) is 10.8 Å². The molecule has 0 radical (unpaired) electrons. The van der Waals surface area contributed by atoms with Crippen molar-refractivity contribution in [3.05, 3.63) is 47.8 Å². The molecule has 0 aliphatic carbocycles. The largest absolute Gasteiger partial charge is 0.460 e. The van der Waals surface area contributed by atoms with Gasteiger partial charge in [-0.25, -0.2) is 4.98 Å². The number of thiazole rings is 1. The predicted octanol–water partition coefficient (Wildman–Crippen LogP) is 7.64. The van der Waals surface area contributed by atoms with Crippen molar-refractivity contribution in [2.24, 2.45) is 0 Å². The molecule has 0 aliphatic rings. The molecule has 2 aromatic carbocycles. The van der Waals surface area contributed by atoms with Crippen molar-refractivity contribution in [3.8, 4) is 11.3 Å². The van der Waals surface area contributed by atoms with E-state index in [-0.39, 0.29) is 5.69 Å². The van der Waals surface area contributed by atoms with Crippen molar-refractivity contribution in [2.75, 3.05) is 5.32 Å². The number of amides is 1. The van der Waals surface area contributed by atoms with Gasteiger partial charge in [0, 0.05) is 10.9 Å². The molecule has 1 aromatic heterocycles. The molecule has 0 saturated heterocycles. The molecule has 0 bridgehead atoms. The van der Waals surface area contributed by atoms with Crippen LogP contribution >= 0.6 is 11.3 Å². The standard InChI is InChI=1S/C20H9F13N2OS/c21-15(22,16(23,24)17(25,26)18(27,28)19(29,30)20(31,32)33)13(36)35-14-34-12(8-37-14)11-7-3-5-9-4-1-2-6-10(9)11/h1-8H,(H,34,35,36). The number of hydrogen-bond donors (Lipinski definition) is 1. The first-order valence-electron chi connectivity index (χ1n) is 9.41. The monoisotopic (exact) mass is 572 g/mol. The summed E-state index contributed by atoms with van der Waals surface area (Å²) >= 11 is 0.303. The van der Waals surface area contributed by atoms with Gasteiger partial charge in [0.1, 0.15) is 0 Å². The van der Waals surface area contributed by atoms with E-state index in [2.05, 4.69) is 4.98 Å². The highest BCUT2D eigenvalue weighted by molar-refractivity contribution is 7.14. The minimum Gasteiger partial charge on any atom is -0.296 e. The quantitative estimate of drug-likeness (QED) is 0.296. The lowest BCUT2D eigenvalue weighted by Crippen LogP contribution is -2.71. The molecule has 3 aromatic rings. The lowest BCUT2D eigenvalue weighted by Gasteiger charge is -2.39. The highest BCUT2D eigenvalue weighted by Crippen LogP contribution is 2.60. The van der Waals surface area contributed by atoms with Crippen LogP contribution in [-0.4, -0.2) is 46.7 Å². The molecule has 3 rings (SSSR count). The van der Waals surface area contributed by atoms with Crippen molar-refractivity contribution in [2.45, 2.75) is 35.8 Å². The highest BCUT2D eigenvalue weighted by atomic mass is 32.1. The smallest absolute Gasteiger partial charge is 0.296 e. The van der Waals surface area contributed by atoms with Gasteiger partial charge in [-0.1, -0.05) is 42.5 Å². The molecule has 0 fully saturated rings. The molecule has 1 N–H and O–H groups in total. The molecule has 1 amide bonds. The van der Waals surface area contributed by atoms with Gasteiger partial charge < -0.3 is 0 Å². The average molecular weight is 572 g/mol.